The molecule has 0 aromatic heterocycles. The topological polar surface area (TPSA) is 75.5 Å². The standard InChI is InChI=1S/C15H21N3O3/c1-11-5-4-8-17(10-11)15(19)9-16-13-6-3-7-14(12(13)2)18(20)21/h3,6-7,11,16H,4-5,8-10H2,1-2H3. The predicted octanol–water partition coefficient (Wildman–Crippen LogP) is 2.57. The highest BCUT2D eigenvalue weighted by atomic mass is 16.6. The number of rotatable bonds is 4. The van der Waals surface area contributed by atoms with Gasteiger partial charge in [0.15, 0.2) is 0 Å². The Labute approximate surface area is 124 Å². The molecule has 0 aliphatic carbocycles. The molecule has 1 aliphatic heterocycles. The van der Waals surface area contributed by atoms with Crippen molar-refractivity contribution in [2.24, 2.45) is 5.92 Å². The molecule has 6 heteroatoms. The maximum absolute atomic E-state index is 12.2. The summed E-state index contributed by atoms with van der Waals surface area (Å²) >= 11 is 0. The molecule has 114 valence electrons. The van der Waals surface area contributed by atoms with E-state index in [0.29, 0.717) is 17.2 Å². The first-order valence-electron chi connectivity index (χ1n) is 7.24. The van der Waals surface area contributed by atoms with E-state index in [-0.39, 0.29) is 18.1 Å². The predicted molar refractivity (Wildman–Crippen MR) is 81.3 cm³/mol. The fraction of sp³-hybridized carbons (Fsp3) is 0.533. The van der Waals surface area contributed by atoms with Crippen molar-refractivity contribution in [1.29, 1.82) is 0 Å². The van der Waals surface area contributed by atoms with Crippen molar-refractivity contribution in [1.82, 2.24) is 4.90 Å². The van der Waals surface area contributed by atoms with Crippen LogP contribution < -0.4 is 5.32 Å². The van der Waals surface area contributed by atoms with E-state index in [1.807, 2.05) is 4.90 Å². The molecule has 2 rings (SSSR count). The monoisotopic (exact) mass is 291 g/mol. The van der Waals surface area contributed by atoms with Crippen molar-refractivity contribution >= 4 is 17.3 Å². The van der Waals surface area contributed by atoms with Crippen LogP contribution >= 0.6 is 0 Å². The number of nitro groups is 1. The van der Waals surface area contributed by atoms with Gasteiger partial charge in [-0.15, -0.1) is 0 Å². The number of carbonyl (C=O) groups excluding carboxylic acids is 1. The Morgan fingerprint density at radius 2 is 2.29 bits per heavy atom. The Balaban J connectivity index is 1.98. The number of hydrogen-bond donors (Lipinski definition) is 1. The van der Waals surface area contributed by atoms with Crippen LogP contribution in [0, 0.1) is 23.0 Å². The third kappa shape index (κ3) is 3.71. The van der Waals surface area contributed by atoms with Gasteiger partial charge in [-0.05, 0) is 31.7 Å². The van der Waals surface area contributed by atoms with Crippen LogP contribution in [0.5, 0.6) is 0 Å². The van der Waals surface area contributed by atoms with Crippen LogP contribution in [0.4, 0.5) is 11.4 Å². The highest BCUT2D eigenvalue weighted by Crippen LogP contribution is 2.25. The molecule has 1 saturated heterocycles. The molecule has 1 aliphatic rings. The van der Waals surface area contributed by atoms with E-state index in [4.69, 9.17) is 0 Å². The smallest absolute Gasteiger partial charge is 0.274 e. The molecule has 0 radical (unpaired) electrons. The van der Waals surface area contributed by atoms with Crippen LogP contribution in [-0.2, 0) is 4.79 Å². The van der Waals surface area contributed by atoms with Crippen LogP contribution in [0.1, 0.15) is 25.3 Å². The summed E-state index contributed by atoms with van der Waals surface area (Å²) in [6.45, 7) is 5.62. The Morgan fingerprint density at radius 3 is 2.95 bits per heavy atom. The summed E-state index contributed by atoms with van der Waals surface area (Å²) < 4.78 is 0. The normalized spacial score (nSPS) is 18.4. The molecule has 1 unspecified atom stereocenters. The van der Waals surface area contributed by atoms with Gasteiger partial charge in [-0.1, -0.05) is 13.0 Å². The van der Waals surface area contributed by atoms with Gasteiger partial charge in [-0.3, -0.25) is 14.9 Å². The molecule has 1 heterocycles. The molecule has 1 amide bonds. The highest BCUT2D eigenvalue weighted by molar-refractivity contribution is 5.81. The number of benzene rings is 1. The second kappa shape index (κ2) is 6.56. The Morgan fingerprint density at radius 1 is 1.52 bits per heavy atom. The third-order valence-corrected chi connectivity index (χ3v) is 3.94. The highest BCUT2D eigenvalue weighted by Gasteiger charge is 2.21. The number of nitrogens with zero attached hydrogens (tertiary/aromatic N) is 2. The van der Waals surface area contributed by atoms with Crippen LogP contribution in [0.2, 0.25) is 0 Å². The van der Waals surface area contributed by atoms with Crippen LogP contribution in [0.15, 0.2) is 18.2 Å². The van der Waals surface area contributed by atoms with Crippen molar-refractivity contribution in [2.45, 2.75) is 26.7 Å². The number of amides is 1. The summed E-state index contributed by atoms with van der Waals surface area (Å²) in [6, 6.07) is 4.85. The molecule has 1 N–H and O–H groups in total. The number of hydrogen-bond acceptors (Lipinski definition) is 4. The third-order valence-electron chi connectivity index (χ3n) is 3.94. The minimum absolute atomic E-state index is 0.0486. The molecule has 1 atom stereocenters. The molecule has 1 aromatic rings. The van der Waals surface area contributed by atoms with E-state index in [9.17, 15) is 14.9 Å². The molecule has 1 fully saturated rings. The summed E-state index contributed by atoms with van der Waals surface area (Å²) in [5, 5.41) is 13.9. The van der Waals surface area contributed by atoms with E-state index >= 15 is 0 Å². The minimum atomic E-state index is -0.408. The van der Waals surface area contributed by atoms with Gasteiger partial charge in [0.1, 0.15) is 0 Å². The van der Waals surface area contributed by atoms with Gasteiger partial charge in [0, 0.05) is 30.4 Å². The van der Waals surface area contributed by atoms with E-state index in [1.54, 1.807) is 19.1 Å². The van der Waals surface area contributed by atoms with Crippen LogP contribution in [0.3, 0.4) is 0 Å². The lowest BCUT2D eigenvalue weighted by atomic mass is 10.0. The zero-order valence-corrected chi connectivity index (χ0v) is 12.5. The molecular weight excluding hydrogens is 270 g/mol. The van der Waals surface area contributed by atoms with Gasteiger partial charge in [0.2, 0.25) is 5.91 Å². The van der Waals surface area contributed by atoms with Gasteiger partial charge in [-0.25, -0.2) is 0 Å². The summed E-state index contributed by atoms with van der Waals surface area (Å²) in [7, 11) is 0. The number of anilines is 1. The van der Waals surface area contributed by atoms with E-state index in [0.717, 1.165) is 19.5 Å². The molecule has 1 aromatic carbocycles. The van der Waals surface area contributed by atoms with Crippen molar-refractivity contribution in [3.05, 3.63) is 33.9 Å². The lowest BCUT2D eigenvalue weighted by Crippen LogP contribution is -2.42. The van der Waals surface area contributed by atoms with Crippen LogP contribution in [-0.4, -0.2) is 35.4 Å². The maximum atomic E-state index is 12.2. The molecule has 21 heavy (non-hydrogen) atoms. The number of carbonyl (C=O) groups is 1. The van der Waals surface area contributed by atoms with E-state index in [1.165, 1.54) is 12.5 Å². The van der Waals surface area contributed by atoms with E-state index < -0.39 is 4.92 Å². The lowest BCUT2D eigenvalue weighted by molar-refractivity contribution is -0.385. The fourth-order valence-corrected chi connectivity index (χ4v) is 2.71. The van der Waals surface area contributed by atoms with Gasteiger partial charge < -0.3 is 10.2 Å². The first-order valence-corrected chi connectivity index (χ1v) is 7.24. The minimum Gasteiger partial charge on any atom is -0.376 e. The molecular formula is C15H21N3O3. The summed E-state index contributed by atoms with van der Waals surface area (Å²) in [5.74, 6) is 0.592. The van der Waals surface area contributed by atoms with Gasteiger partial charge in [-0.2, -0.15) is 0 Å². The maximum Gasteiger partial charge on any atom is 0.274 e. The molecule has 0 spiro atoms. The number of nitrogens with one attached hydrogen (secondary N) is 1. The fourth-order valence-electron chi connectivity index (χ4n) is 2.71. The second-order valence-corrected chi connectivity index (χ2v) is 5.65. The first kappa shape index (κ1) is 15.3. The van der Waals surface area contributed by atoms with Crippen molar-refractivity contribution < 1.29 is 9.72 Å². The number of nitro benzene ring substituents is 1. The number of piperidine rings is 1. The molecule has 0 saturated carbocycles. The Hall–Kier alpha value is -2.11. The second-order valence-electron chi connectivity index (χ2n) is 5.65. The van der Waals surface area contributed by atoms with Gasteiger partial charge in [0.25, 0.3) is 5.69 Å². The molecule has 6 nitrogen and oxygen atoms in total. The average Bonchev–Trinajstić information content (AvgIpc) is 2.45. The average molecular weight is 291 g/mol. The first-order chi connectivity index (χ1) is 9.99. The van der Waals surface area contributed by atoms with Crippen molar-refractivity contribution in [3.8, 4) is 0 Å². The lowest BCUT2D eigenvalue weighted by Gasteiger charge is -2.31. The summed E-state index contributed by atoms with van der Waals surface area (Å²) in [6.07, 6.45) is 2.21. The van der Waals surface area contributed by atoms with Crippen LogP contribution in [0.25, 0.3) is 0 Å². The Bertz CT molecular complexity index is 545. The Kier molecular flexibility index (Phi) is 4.77. The van der Waals surface area contributed by atoms with Gasteiger partial charge >= 0.3 is 0 Å². The number of likely N-dealkylation sites (tertiary alicyclic amines) is 1. The van der Waals surface area contributed by atoms with Crippen molar-refractivity contribution in [2.75, 3.05) is 25.0 Å². The summed E-state index contributed by atoms with van der Waals surface area (Å²) in [5.41, 5.74) is 1.27. The summed E-state index contributed by atoms with van der Waals surface area (Å²) in [4.78, 5) is 24.5. The van der Waals surface area contributed by atoms with Gasteiger partial charge in [0.05, 0.1) is 11.5 Å². The van der Waals surface area contributed by atoms with Crippen molar-refractivity contribution in [3.63, 3.8) is 0 Å². The molecule has 0 bridgehead atoms. The van der Waals surface area contributed by atoms with E-state index in [2.05, 4.69) is 12.2 Å². The zero-order chi connectivity index (χ0) is 15.4. The quantitative estimate of drug-likeness (QED) is 0.683. The SMILES string of the molecule is Cc1c(NCC(=O)N2CCCC(C)C2)cccc1[N+](=O)[O-]. The largest absolute Gasteiger partial charge is 0.376 e. The zero-order valence-electron chi connectivity index (χ0n) is 12.5.